The molecule has 5 nitrogen and oxygen atoms in total. The highest BCUT2D eigenvalue weighted by atomic mass is 32.2. The van der Waals surface area contributed by atoms with Crippen LogP contribution in [0.3, 0.4) is 0 Å². The first-order chi connectivity index (χ1) is 15.7. The van der Waals surface area contributed by atoms with Crippen LogP contribution in [-0.4, -0.2) is 26.4 Å². The smallest absolute Gasteiger partial charge is 0.235 e. The third-order valence-electron chi connectivity index (χ3n) is 5.92. The average molecular weight is 471 g/mol. The molecular weight excluding hydrogens is 442 g/mol. The van der Waals surface area contributed by atoms with Gasteiger partial charge in [-0.1, -0.05) is 75.7 Å². The number of benzene rings is 2. The number of thioether (sulfide) groups is 1. The van der Waals surface area contributed by atoms with Crippen LogP contribution in [0, 0.1) is 11.6 Å². The number of anilines is 1. The normalized spacial score (nSPS) is 14.6. The topological polar surface area (TPSA) is 59.8 Å². The Morgan fingerprint density at radius 1 is 1.06 bits per heavy atom. The fraction of sp³-hybridized carbons (Fsp3) is 0.400. The molecule has 0 spiro atoms. The number of carbonyl (C=O) groups is 1. The second-order valence-corrected chi connectivity index (χ2v) is 10.3. The molecule has 1 saturated carbocycles. The maximum absolute atomic E-state index is 13.8. The Morgan fingerprint density at radius 3 is 2.30 bits per heavy atom. The van der Waals surface area contributed by atoms with E-state index in [0.717, 1.165) is 49.2 Å². The molecule has 174 valence electrons. The molecule has 0 atom stereocenters. The van der Waals surface area contributed by atoms with Crippen LogP contribution in [0.4, 0.5) is 14.5 Å². The monoisotopic (exact) mass is 470 g/mol. The van der Waals surface area contributed by atoms with Crippen molar-refractivity contribution in [2.75, 3.05) is 11.1 Å². The third kappa shape index (κ3) is 5.27. The lowest BCUT2D eigenvalue weighted by atomic mass is 9.86. The lowest BCUT2D eigenvalue weighted by molar-refractivity contribution is -0.113. The summed E-state index contributed by atoms with van der Waals surface area (Å²) in [6.45, 7) is 6.53. The first-order valence-corrected chi connectivity index (χ1v) is 12.1. The van der Waals surface area contributed by atoms with E-state index in [0.29, 0.717) is 5.16 Å². The molecule has 0 saturated heterocycles. The highest BCUT2D eigenvalue weighted by molar-refractivity contribution is 7.99. The van der Waals surface area contributed by atoms with Gasteiger partial charge in [0.15, 0.2) is 11.0 Å². The van der Waals surface area contributed by atoms with Crippen molar-refractivity contribution in [2.45, 2.75) is 63.1 Å². The molecular formula is C25H28F2N4OS. The minimum Gasteiger partial charge on any atom is -0.320 e. The van der Waals surface area contributed by atoms with Gasteiger partial charge in [0.1, 0.15) is 17.3 Å². The number of aromatic nitrogens is 3. The van der Waals surface area contributed by atoms with Gasteiger partial charge in [-0.2, -0.15) is 0 Å². The minimum atomic E-state index is -0.802. The molecule has 1 fully saturated rings. The van der Waals surface area contributed by atoms with Gasteiger partial charge in [-0.25, -0.2) is 8.78 Å². The molecule has 1 aliphatic rings. The van der Waals surface area contributed by atoms with Gasteiger partial charge >= 0.3 is 0 Å². The Bertz CT molecular complexity index is 1110. The standard InChI is InChI=1S/C25H28F2N4OS/c1-25(2,3)17-13-11-16(12-14-17)23-29-30-24(31(23)18-7-4-5-8-18)33-15-21(32)28-22-19(26)9-6-10-20(22)27/h6,9-14,18H,4-5,7-8,15H2,1-3H3,(H,28,32). The Hall–Kier alpha value is -2.74. The largest absolute Gasteiger partial charge is 0.320 e. The third-order valence-corrected chi connectivity index (χ3v) is 6.87. The summed E-state index contributed by atoms with van der Waals surface area (Å²) >= 11 is 1.23. The number of halogens is 2. The molecule has 1 amide bonds. The summed E-state index contributed by atoms with van der Waals surface area (Å²) < 4.78 is 29.8. The fourth-order valence-electron chi connectivity index (χ4n) is 4.11. The first-order valence-electron chi connectivity index (χ1n) is 11.2. The molecule has 0 radical (unpaired) electrons. The Kier molecular flexibility index (Phi) is 6.83. The van der Waals surface area contributed by atoms with Crippen molar-refractivity contribution >= 4 is 23.4 Å². The van der Waals surface area contributed by atoms with Crippen molar-refractivity contribution in [1.82, 2.24) is 14.8 Å². The van der Waals surface area contributed by atoms with Crippen LogP contribution < -0.4 is 5.32 Å². The summed E-state index contributed by atoms with van der Waals surface area (Å²) in [7, 11) is 0. The van der Waals surface area contributed by atoms with Gasteiger partial charge < -0.3 is 5.32 Å². The zero-order chi connectivity index (χ0) is 23.6. The number of rotatable bonds is 6. The van der Waals surface area contributed by atoms with Crippen LogP contribution in [0.2, 0.25) is 0 Å². The Labute approximate surface area is 197 Å². The molecule has 0 aliphatic heterocycles. The van der Waals surface area contributed by atoms with E-state index in [2.05, 4.69) is 65.1 Å². The summed E-state index contributed by atoms with van der Waals surface area (Å²) in [5.41, 5.74) is 1.85. The average Bonchev–Trinajstić information content (AvgIpc) is 3.44. The van der Waals surface area contributed by atoms with Gasteiger partial charge in [0, 0.05) is 11.6 Å². The van der Waals surface area contributed by atoms with E-state index >= 15 is 0 Å². The van der Waals surface area contributed by atoms with Gasteiger partial charge in [0.2, 0.25) is 5.91 Å². The van der Waals surface area contributed by atoms with Gasteiger partial charge in [-0.15, -0.1) is 10.2 Å². The maximum Gasteiger partial charge on any atom is 0.235 e. The molecule has 1 N–H and O–H groups in total. The highest BCUT2D eigenvalue weighted by Gasteiger charge is 2.26. The van der Waals surface area contributed by atoms with E-state index in [1.54, 1.807) is 0 Å². The lowest BCUT2D eigenvalue weighted by Crippen LogP contribution is -2.17. The van der Waals surface area contributed by atoms with Gasteiger partial charge in [0.05, 0.1) is 5.75 Å². The van der Waals surface area contributed by atoms with E-state index in [1.165, 1.54) is 23.4 Å². The van der Waals surface area contributed by atoms with Crippen molar-refractivity contribution in [3.63, 3.8) is 0 Å². The van der Waals surface area contributed by atoms with Crippen molar-refractivity contribution < 1.29 is 13.6 Å². The minimum absolute atomic E-state index is 0.0262. The zero-order valence-corrected chi connectivity index (χ0v) is 19.9. The number of para-hydroxylation sites is 1. The summed E-state index contributed by atoms with van der Waals surface area (Å²) in [6.07, 6.45) is 4.35. The molecule has 3 aromatic rings. The van der Waals surface area contributed by atoms with Gasteiger partial charge in [-0.05, 0) is 36.0 Å². The molecule has 0 unspecified atom stereocenters. The summed E-state index contributed by atoms with van der Waals surface area (Å²) in [5, 5.41) is 11.8. The highest BCUT2D eigenvalue weighted by Crippen LogP contribution is 2.37. The molecule has 33 heavy (non-hydrogen) atoms. The molecule has 8 heteroatoms. The van der Waals surface area contributed by atoms with Crippen LogP contribution >= 0.6 is 11.8 Å². The summed E-state index contributed by atoms with van der Waals surface area (Å²) in [6, 6.07) is 12.1. The number of hydrogen-bond donors (Lipinski definition) is 1. The van der Waals surface area contributed by atoms with Crippen molar-refractivity contribution in [1.29, 1.82) is 0 Å². The lowest BCUT2D eigenvalue weighted by Gasteiger charge is -2.20. The zero-order valence-electron chi connectivity index (χ0n) is 19.1. The van der Waals surface area contributed by atoms with Crippen LogP contribution in [0.1, 0.15) is 58.1 Å². The number of amides is 1. The quantitative estimate of drug-likeness (QED) is 0.426. The van der Waals surface area contributed by atoms with Gasteiger partial charge in [0.25, 0.3) is 0 Å². The molecule has 0 bridgehead atoms. The molecule has 1 aliphatic carbocycles. The maximum atomic E-state index is 13.8. The molecule has 1 aromatic heterocycles. The van der Waals surface area contributed by atoms with Crippen LogP contribution in [0.15, 0.2) is 47.6 Å². The van der Waals surface area contributed by atoms with Crippen molar-refractivity contribution in [2.24, 2.45) is 0 Å². The fourth-order valence-corrected chi connectivity index (χ4v) is 4.91. The van der Waals surface area contributed by atoms with E-state index in [1.807, 2.05) is 0 Å². The number of hydrogen-bond acceptors (Lipinski definition) is 4. The SMILES string of the molecule is CC(C)(C)c1ccc(-c2nnc(SCC(=O)Nc3c(F)cccc3F)n2C2CCCC2)cc1. The second-order valence-electron chi connectivity index (χ2n) is 9.38. The molecule has 4 rings (SSSR count). The first kappa shape index (κ1) is 23.4. The predicted octanol–water partition coefficient (Wildman–Crippen LogP) is 6.37. The molecule has 1 heterocycles. The van der Waals surface area contributed by atoms with E-state index in [4.69, 9.17) is 0 Å². The van der Waals surface area contributed by atoms with E-state index in [-0.39, 0.29) is 17.2 Å². The van der Waals surface area contributed by atoms with E-state index in [9.17, 15) is 13.6 Å². The summed E-state index contributed by atoms with van der Waals surface area (Å²) in [5.74, 6) is -1.35. The van der Waals surface area contributed by atoms with E-state index < -0.39 is 23.2 Å². The number of nitrogens with zero attached hydrogens (tertiary/aromatic N) is 3. The molecule has 2 aromatic carbocycles. The number of nitrogens with one attached hydrogen (secondary N) is 1. The second kappa shape index (κ2) is 9.63. The van der Waals surface area contributed by atoms with Crippen LogP contribution in [-0.2, 0) is 10.2 Å². The van der Waals surface area contributed by atoms with Crippen LogP contribution in [0.5, 0.6) is 0 Å². The van der Waals surface area contributed by atoms with Crippen molar-refractivity contribution in [3.8, 4) is 11.4 Å². The van der Waals surface area contributed by atoms with Crippen molar-refractivity contribution in [3.05, 3.63) is 59.7 Å². The Balaban J connectivity index is 1.55. The van der Waals surface area contributed by atoms with Crippen LogP contribution in [0.25, 0.3) is 11.4 Å². The van der Waals surface area contributed by atoms with Gasteiger partial charge in [-0.3, -0.25) is 9.36 Å². The Morgan fingerprint density at radius 2 is 1.70 bits per heavy atom. The summed E-state index contributed by atoms with van der Waals surface area (Å²) in [4.78, 5) is 12.4. The predicted molar refractivity (Wildman–Crippen MR) is 127 cm³/mol. The number of carbonyl (C=O) groups excluding carboxylic acids is 1.